The Bertz CT molecular complexity index is 681. The molecule has 0 aromatic rings. The van der Waals surface area contributed by atoms with E-state index >= 15 is 0 Å². The molecule has 7 nitrogen and oxygen atoms in total. The maximum Gasteiger partial charge on any atom is 0.327 e. The Morgan fingerprint density at radius 3 is 1.97 bits per heavy atom. The quantitative estimate of drug-likeness (QED) is 0.223. The van der Waals surface area contributed by atoms with Crippen LogP contribution in [0, 0.1) is 0 Å². The van der Waals surface area contributed by atoms with Crippen LogP contribution in [0.2, 0.25) is 0 Å². The molecule has 8 heteroatoms. The van der Waals surface area contributed by atoms with Gasteiger partial charge in [0.2, 0.25) is 11.8 Å². The van der Waals surface area contributed by atoms with Gasteiger partial charge >= 0.3 is 5.97 Å². The van der Waals surface area contributed by atoms with E-state index in [1.165, 1.54) is 35.4 Å². The van der Waals surface area contributed by atoms with Crippen molar-refractivity contribution in [3.8, 4) is 0 Å². The Hall–Kier alpha value is -2.06. The van der Waals surface area contributed by atoms with Gasteiger partial charge in [-0.3, -0.25) is 9.59 Å². The van der Waals surface area contributed by atoms with Gasteiger partial charge in [0.25, 0.3) is 0 Å². The molecule has 4 N–H and O–H groups in total. The number of aliphatic carboxylic acids is 1. The molecule has 1 unspecified atom stereocenters. The minimum absolute atomic E-state index is 0.187. The third-order valence-electron chi connectivity index (χ3n) is 4.45. The van der Waals surface area contributed by atoms with Crippen molar-refractivity contribution in [3.63, 3.8) is 0 Å². The summed E-state index contributed by atoms with van der Waals surface area (Å²) in [6.07, 6.45) is 10.7. The number of aliphatic hydroxyl groups excluding tert-OH is 1. The fraction of sp³-hybridized carbons (Fsp3) is 0.609. The SMILES string of the molecule is CC(=O)N[C@H](CO)C(=O)NC(CSC/C=C(\C)CC/C=C(\C)CCC=C(C)C)C(=O)O. The first-order chi connectivity index (χ1) is 14.6. The zero-order valence-electron chi connectivity index (χ0n) is 19.4. The highest BCUT2D eigenvalue weighted by atomic mass is 32.2. The Kier molecular flexibility index (Phi) is 15.5. The first-order valence-corrected chi connectivity index (χ1v) is 11.7. The summed E-state index contributed by atoms with van der Waals surface area (Å²) in [4.78, 5) is 34.5. The van der Waals surface area contributed by atoms with Gasteiger partial charge in [-0.25, -0.2) is 4.79 Å². The highest BCUT2D eigenvalue weighted by Gasteiger charge is 2.25. The first-order valence-electron chi connectivity index (χ1n) is 10.5. The van der Waals surface area contributed by atoms with E-state index in [0.29, 0.717) is 5.75 Å². The van der Waals surface area contributed by atoms with Crippen LogP contribution in [0.5, 0.6) is 0 Å². The summed E-state index contributed by atoms with van der Waals surface area (Å²) in [5, 5.41) is 23.2. The van der Waals surface area contributed by atoms with Gasteiger partial charge in [0.05, 0.1) is 6.61 Å². The average molecular weight is 455 g/mol. The zero-order chi connectivity index (χ0) is 23.8. The summed E-state index contributed by atoms with van der Waals surface area (Å²) >= 11 is 1.40. The molecule has 0 bridgehead atoms. The summed E-state index contributed by atoms with van der Waals surface area (Å²) in [7, 11) is 0. The smallest absolute Gasteiger partial charge is 0.327 e. The number of carbonyl (C=O) groups is 3. The molecular formula is C23H38N2O5S. The van der Waals surface area contributed by atoms with Gasteiger partial charge in [0.15, 0.2) is 0 Å². The number of hydrogen-bond acceptors (Lipinski definition) is 5. The molecule has 0 fully saturated rings. The lowest BCUT2D eigenvalue weighted by atomic mass is 10.1. The van der Waals surface area contributed by atoms with Gasteiger partial charge in [-0.15, -0.1) is 0 Å². The third-order valence-corrected chi connectivity index (χ3v) is 5.42. The molecule has 0 rings (SSSR count). The topological polar surface area (TPSA) is 116 Å². The van der Waals surface area contributed by atoms with Crippen LogP contribution in [-0.2, 0) is 14.4 Å². The van der Waals surface area contributed by atoms with Crippen LogP contribution < -0.4 is 10.6 Å². The minimum atomic E-state index is -1.16. The van der Waals surface area contributed by atoms with Crippen LogP contribution in [0.4, 0.5) is 0 Å². The van der Waals surface area contributed by atoms with Crippen molar-refractivity contribution in [3.05, 3.63) is 34.9 Å². The summed E-state index contributed by atoms with van der Waals surface area (Å²) in [5.41, 5.74) is 3.97. The molecule has 31 heavy (non-hydrogen) atoms. The van der Waals surface area contributed by atoms with Crippen molar-refractivity contribution in [1.29, 1.82) is 0 Å². The van der Waals surface area contributed by atoms with Crippen molar-refractivity contribution in [2.45, 2.75) is 72.4 Å². The lowest BCUT2D eigenvalue weighted by Crippen LogP contribution is -2.53. The van der Waals surface area contributed by atoms with Crippen LogP contribution >= 0.6 is 11.8 Å². The number of carboxylic acid groups (broad SMARTS) is 1. The van der Waals surface area contributed by atoms with Crippen molar-refractivity contribution in [2.24, 2.45) is 0 Å². The number of aliphatic hydroxyl groups is 1. The van der Waals surface area contributed by atoms with Gasteiger partial charge in [0.1, 0.15) is 12.1 Å². The second kappa shape index (κ2) is 16.6. The molecule has 0 aliphatic rings. The van der Waals surface area contributed by atoms with Crippen molar-refractivity contribution in [1.82, 2.24) is 10.6 Å². The highest BCUT2D eigenvalue weighted by Crippen LogP contribution is 2.13. The standard InChI is InChI=1S/C23H38N2O5S/c1-16(2)8-6-9-17(3)10-7-11-18(4)12-13-31-15-21(23(29)30)25-22(28)20(14-26)24-19(5)27/h8,10,12,20-21,26H,6-7,9,11,13-15H2,1-5H3,(H,24,27)(H,25,28)(H,29,30)/b17-10+,18-12+/t20-,21?/m1/s1. The zero-order valence-corrected chi connectivity index (χ0v) is 20.2. The molecule has 176 valence electrons. The molecule has 0 aromatic heterocycles. The number of hydrogen-bond donors (Lipinski definition) is 4. The molecule has 0 aliphatic heterocycles. The monoisotopic (exact) mass is 454 g/mol. The summed E-state index contributed by atoms with van der Waals surface area (Å²) < 4.78 is 0. The number of carboxylic acids is 1. The number of rotatable bonds is 15. The Balaban J connectivity index is 4.40. The molecule has 2 amide bonds. The molecule has 0 saturated carbocycles. The predicted molar refractivity (Wildman–Crippen MR) is 127 cm³/mol. The third kappa shape index (κ3) is 15.4. The fourth-order valence-corrected chi connectivity index (χ4v) is 3.61. The van der Waals surface area contributed by atoms with Crippen LogP contribution in [0.25, 0.3) is 0 Å². The molecular weight excluding hydrogens is 416 g/mol. The molecule has 0 radical (unpaired) electrons. The van der Waals surface area contributed by atoms with E-state index in [-0.39, 0.29) is 5.75 Å². The van der Waals surface area contributed by atoms with E-state index in [1.807, 2.05) is 0 Å². The van der Waals surface area contributed by atoms with Crippen molar-refractivity contribution < 1.29 is 24.6 Å². The van der Waals surface area contributed by atoms with Crippen LogP contribution in [0.3, 0.4) is 0 Å². The molecule has 0 saturated heterocycles. The number of allylic oxidation sites excluding steroid dienone is 5. The van der Waals surface area contributed by atoms with Crippen molar-refractivity contribution >= 4 is 29.5 Å². The first kappa shape index (κ1) is 28.9. The molecule has 0 aromatic carbocycles. The van der Waals surface area contributed by atoms with Crippen molar-refractivity contribution in [2.75, 3.05) is 18.1 Å². The summed E-state index contributed by atoms with van der Waals surface area (Å²) in [6, 6.07) is -2.26. The number of carbonyl (C=O) groups excluding carboxylic acids is 2. The molecule has 0 heterocycles. The maximum atomic E-state index is 12.1. The Morgan fingerprint density at radius 2 is 1.45 bits per heavy atom. The predicted octanol–water partition coefficient (Wildman–Crippen LogP) is 3.21. The van der Waals surface area contributed by atoms with E-state index in [9.17, 15) is 24.6 Å². The average Bonchev–Trinajstić information content (AvgIpc) is 2.67. The summed E-state index contributed by atoms with van der Waals surface area (Å²) in [6.45, 7) is 9.04. The van der Waals surface area contributed by atoms with Gasteiger partial charge in [0, 0.05) is 18.4 Å². The van der Waals surface area contributed by atoms with E-state index in [4.69, 9.17) is 0 Å². The van der Waals surface area contributed by atoms with E-state index < -0.39 is 36.5 Å². The second-order valence-electron chi connectivity index (χ2n) is 7.83. The molecule has 0 aliphatic carbocycles. The maximum absolute atomic E-state index is 12.1. The second-order valence-corrected chi connectivity index (χ2v) is 8.91. The Morgan fingerprint density at radius 1 is 0.871 bits per heavy atom. The van der Waals surface area contributed by atoms with E-state index in [0.717, 1.165) is 25.7 Å². The van der Waals surface area contributed by atoms with E-state index in [2.05, 4.69) is 56.6 Å². The molecule has 0 spiro atoms. The van der Waals surface area contributed by atoms with E-state index in [1.54, 1.807) is 0 Å². The minimum Gasteiger partial charge on any atom is -0.480 e. The normalized spacial score (nSPS) is 13.9. The van der Waals surface area contributed by atoms with Crippen LogP contribution in [0.1, 0.15) is 60.3 Å². The summed E-state index contributed by atoms with van der Waals surface area (Å²) in [5.74, 6) is -1.52. The highest BCUT2D eigenvalue weighted by molar-refractivity contribution is 7.99. The largest absolute Gasteiger partial charge is 0.480 e. The van der Waals surface area contributed by atoms with Crippen LogP contribution in [0.15, 0.2) is 34.9 Å². The van der Waals surface area contributed by atoms with Gasteiger partial charge in [-0.1, -0.05) is 34.9 Å². The number of nitrogens with one attached hydrogen (secondary N) is 2. The Labute approximate surface area is 190 Å². The van der Waals surface area contributed by atoms with Gasteiger partial charge in [-0.05, 0) is 53.4 Å². The molecule has 2 atom stereocenters. The number of thioether (sulfide) groups is 1. The van der Waals surface area contributed by atoms with Gasteiger partial charge in [-0.2, -0.15) is 11.8 Å². The van der Waals surface area contributed by atoms with Crippen LogP contribution in [-0.4, -0.2) is 58.2 Å². The van der Waals surface area contributed by atoms with Gasteiger partial charge < -0.3 is 20.8 Å². The fourth-order valence-electron chi connectivity index (χ4n) is 2.61. The lowest BCUT2D eigenvalue weighted by Gasteiger charge is -2.19. The number of amides is 2. The lowest BCUT2D eigenvalue weighted by molar-refractivity contribution is -0.141.